The van der Waals surface area contributed by atoms with Crippen LogP contribution in [0, 0.1) is 5.41 Å². The highest BCUT2D eigenvalue weighted by molar-refractivity contribution is 6.30. The summed E-state index contributed by atoms with van der Waals surface area (Å²) in [6.07, 6.45) is 1.80. The van der Waals surface area contributed by atoms with Gasteiger partial charge in [-0.3, -0.25) is 4.79 Å². The van der Waals surface area contributed by atoms with Crippen LogP contribution in [0.3, 0.4) is 0 Å². The number of halogens is 1. The molecule has 0 amide bonds. The van der Waals surface area contributed by atoms with E-state index in [2.05, 4.69) is 13.0 Å². The Labute approximate surface area is 154 Å². The Morgan fingerprint density at radius 1 is 1.04 bits per heavy atom. The van der Waals surface area contributed by atoms with Gasteiger partial charge in [-0.1, -0.05) is 56.6 Å². The zero-order valence-corrected chi connectivity index (χ0v) is 15.7. The van der Waals surface area contributed by atoms with Crippen LogP contribution in [0.1, 0.15) is 44.7 Å². The third-order valence-corrected chi connectivity index (χ3v) is 5.04. The lowest BCUT2D eigenvalue weighted by Gasteiger charge is -2.30. The molecule has 1 N–H and O–H groups in total. The number of hydrogen-bond acceptors (Lipinski definition) is 2. The molecule has 2 aromatic carbocycles. The minimum absolute atomic E-state index is 0.0247. The summed E-state index contributed by atoms with van der Waals surface area (Å²) < 4.78 is 0. The van der Waals surface area contributed by atoms with Crippen LogP contribution >= 0.6 is 11.6 Å². The number of aliphatic hydroxyl groups is 1. The fourth-order valence-corrected chi connectivity index (χ4v) is 3.66. The maximum atomic E-state index is 12.7. The van der Waals surface area contributed by atoms with Crippen molar-refractivity contribution in [3.05, 3.63) is 64.4 Å². The van der Waals surface area contributed by atoms with Crippen LogP contribution in [-0.2, 0) is 11.2 Å². The minimum Gasteiger partial charge on any atom is -0.512 e. The summed E-state index contributed by atoms with van der Waals surface area (Å²) in [5, 5.41) is 11.3. The molecule has 0 bridgehead atoms. The van der Waals surface area contributed by atoms with Crippen LogP contribution < -0.4 is 0 Å². The Morgan fingerprint density at radius 2 is 1.68 bits per heavy atom. The number of carbonyl (C=O) groups excluding carboxylic acids is 1. The molecule has 0 spiro atoms. The number of rotatable bonds is 3. The number of allylic oxidation sites excluding steroid dienone is 2. The van der Waals surface area contributed by atoms with Gasteiger partial charge in [-0.2, -0.15) is 0 Å². The molecule has 0 fully saturated rings. The third-order valence-electron chi connectivity index (χ3n) is 4.79. The molecular weight excluding hydrogens is 332 g/mol. The van der Waals surface area contributed by atoms with Crippen molar-refractivity contribution in [3.8, 4) is 11.1 Å². The first-order valence-corrected chi connectivity index (χ1v) is 9.03. The van der Waals surface area contributed by atoms with Crippen molar-refractivity contribution in [2.24, 2.45) is 5.41 Å². The molecule has 2 aromatic rings. The molecule has 0 aromatic heterocycles. The highest BCUT2D eigenvalue weighted by atomic mass is 35.5. The van der Waals surface area contributed by atoms with E-state index in [1.54, 1.807) is 0 Å². The Morgan fingerprint density at radius 3 is 2.28 bits per heavy atom. The number of aliphatic hydroxyl groups excluding tert-OH is 1. The van der Waals surface area contributed by atoms with Gasteiger partial charge < -0.3 is 5.11 Å². The lowest BCUT2D eigenvalue weighted by molar-refractivity contribution is -0.116. The smallest absolute Gasteiger partial charge is 0.167 e. The van der Waals surface area contributed by atoms with Gasteiger partial charge in [0.15, 0.2) is 5.78 Å². The van der Waals surface area contributed by atoms with Crippen molar-refractivity contribution >= 4 is 23.0 Å². The molecule has 0 radical (unpaired) electrons. The lowest BCUT2D eigenvalue weighted by atomic mass is 9.74. The zero-order chi connectivity index (χ0) is 18.2. The van der Waals surface area contributed by atoms with Crippen LogP contribution in [0.5, 0.6) is 0 Å². The predicted octanol–water partition coefficient (Wildman–Crippen LogP) is 6.23. The zero-order valence-electron chi connectivity index (χ0n) is 14.9. The van der Waals surface area contributed by atoms with E-state index in [9.17, 15) is 9.90 Å². The topological polar surface area (TPSA) is 37.3 Å². The average molecular weight is 355 g/mol. The van der Waals surface area contributed by atoms with Crippen LogP contribution in [0.15, 0.2) is 48.2 Å². The Balaban J connectivity index is 2.13. The number of Topliss-reactive ketones (excluding diaryl/α,β-unsaturated/α-hetero) is 1. The van der Waals surface area contributed by atoms with Gasteiger partial charge in [-0.05, 0) is 52.3 Å². The lowest BCUT2D eigenvalue weighted by Crippen LogP contribution is -2.25. The molecule has 0 saturated heterocycles. The van der Waals surface area contributed by atoms with E-state index in [0.717, 1.165) is 28.7 Å². The summed E-state index contributed by atoms with van der Waals surface area (Å²) in [5.74, 6) is 0.237. The van der Waals surface area contributed by atoms with Crippen molar-refractivity contribution in [1.82, 2.24) is 0 Å². The molecule has 0 aliphatic heterocycles. The Hall–Kier alpha value is -2.06. The van der Waals surface area contributed by atoms with Gasteiger partial charge in [0.05, 0.1) is 5.57 Å². The van der Waals surface area contributed by atoms with E-state index in [4.69, 9.17) is 11.6 Å². The molecular formula is C22H23ClO2. The number of aryl methyl sites for hydroxylation is 1. The highest BCUT2D eigenvalue weighted by Gasteiger charge is 2.34. The monoisotopic (exact) mass is 354 g/mol. The standard InChI is InChI=1S/C22H23ClO2/c1-4-14-5-6-16(15-7-9-17(23)10-8-15)11-18(14)21-19(24)12-22(2,3)13-20(21)25/h5-11,24H,4,12-13H2,1-3H3. The van der Waals surface area contributed by atoms with Crippen molar-refractivity contribution in [1.29, 1.82) is 0 Å². The van der Waals surface area contributed by atoms with Crippen molar-refractivity contribution in [3.63, 3.8) is 0 Å². The first-order chi connectivity index (χ1) is 11.8. The SMILES string of the molecule is CCc1ccc(-c2ccc(Cl)cc2)cc1C1=C(O)CC(C)(C)CC1=O. The first-order valence-electron chi connectivity index (χ1n) is 8.65. The highest BCUT2D eigenvalue weighted by Crippen LogP contribution is 2.41. The molecule has 0 atom stereocenters. The van der Waals surface area contributed by atoms with Crippen molar-refractivity contribution in [2.75, 3.05) is 0 Å². The Bertz CT molecular complexity index is 845. The van der Waals surface area contributed by atoms with E-state index in [-0.39, 0.29) is 17.0 Å². The maximum absolute atomic E-state index is 12.7. The van der Waals surface area contributed by atoms with Gasteiger partial charge in [0, 0.05) is 17.9 Å². The number of hydrogen-bond donors (Lipinski definition) is 1. The quantitative estimate of drug-likeness (QED) is 0.709. The van der Waals surface area contributed by atoms with Gasteiger partial charge >= 0.3 is 0 Å². The Kier molecular flexibility index (Phi) is 4.75. The van der Waals surface area contributed by atoms with E-state index in [1.165, 1.54) is 0 Å². The van der Waals surface area contributed by atoms with Crippen LogP contribution in [0.25, 0.3) is 16.7 Å². The number of ketones is 1. The molecule has 1 aliphatic carbocycles. The molecule has 0 saturated carbocycles. The molecule has 0 unspecified atom stereocenters. The number of carbonyl (C=O) groups is 1. The van der Waals surface area contributed by atoms with Gasteiger partial charge in [-0.25, -0.2) is 0 Å². The number of benzene rings is 2. The molecule has 3 rings (SSSR count). The average Bonchev–Trinajstić information content (AvgIpc) is 2.53. The molecule has 0 heterocycles. The largest absolute Gasteiger partial charge is 0.512 e. The summed E-state index contributed by atoms with van der Waals surface area (Å²) in [7, 11) is 0. The molecule has 25 heavy (non-hydrogen) atoms. The second-order valence-electron chi connectivity index (χ2n) is 7.50. The second kappa shape index (κ2) is 6.68. The predicted molar refractivity (Wildman–Crippen MR) is 104 cm³/mol. The molecule has 2 nitrogen and oxygen atoms in total. The maximum Gasteiger partial charge on any atom is 0.167 e. The van der Waals surface area contributed by atoms with E-state index in [0.29, 0.717) is 23.4 Å². The van der Waals surface area contributed by atoms with Gasteiger partial charge in [0.25, 0.3) is 0 Å². The fraction of sp³-hybridized carbons (Fsp3) is 0.318. The summed E-state index contributed by atoms with van der Waals surface area (Å²) in [6, 6.07) is 13.8. The minimum atomic E-state index is -0.190. The fourth-order valence-electron chi connectivity index (χ4n) is 3.53. The summed E-state index contributed by atoms with van der Waals surface area (Å²) in [6.45, 7) is 6.10. The van der Waals surface area contributed by atoms with Gasteiger partial charge in [0.2, 0.25) is 0 Å². The summed E-state index contributed by atoms with van der Waals surface area (Å²) in [4.78, 5) is 12.7. The van der Waals surface area contributed by atoms with Gasteiger partial charge in [0.1, 0.15) is 5.76 Å². The normalized spacial score (nSPS) is 17.0. The first kappa shape index (κ1) is 17.8. The third kappa shape index (κ3) is 3.64. The van der Waals surface area contributed by atoms with Crippen LogP contribution in [-0.4, -0.2) is 10.9 Å². The molecule has 3 heteroatoms. The molecule has 130 valence electrons. The second-order valence-corrected chi connectivity index (χ2v) is 7.93. The van der Waals surface area contributed by atoms with Crippen LogP contribution in [0.4, 0.5) is 0 Å². The molecule has 1 aliphatic rings. The van der Waals surface area contributed by atoms with Crippen molar-refractivity contribution < 1.29 is 9.90 Å². The van der Waals surface area contributed by atoms with Gasteiger partial charge in [-0.15, -0.1) is 0 Å². The van der Waals surface area contributed by atoms with Crippen molar-refractivity contribution in [2.45, 2.75) is 40.0 Å². The van der Waals surface area contributed by atoms with E-state index >= 15 is 0 Å². The van der Waals surface area contributed by atoms with E-state index < -0.39 is 0 Å². The van der Waals surface area contributed by atoms with E-state index in [1.807, 2.05) is 50.2 Å². The van der Waals surface area contributed by atoms with Crippen LogP contribution in [0.2, 0.25) is 5.02 Å². The summed E-state index contributed by atoms with van der Waals surface area (Å²) >= 11 is 5.98. The summed E-state index contributed by atoms with van der Waals surface area (Å²) in [5.41, 5.74) is 4.29.